The molecule has 0 aliphatic rings. The minimum Gasteiger partial charge on any atom is -0.444 e. The molecule has 0 radical (unpaired) electrons. The number of hydrogen-bond donors (Lipinski definition) is 4. The summed E-state index contributed by atoms with van der Waals surface area (Å²) in [7, 11) is 0. The lowest BCUT2D eigenvalue weighted by atomic mass is 10.0. The average molecular weight is 618 g/mol. The van der Waals surface area contributed by atoms with Gasteiger partial charge in [0.2, 0.25) is 17.7 Å². The van der Waals surface area contributed by atoms with Crippen molar-refractivity contribution in [2.75, 3.05) is 16.0 Å². The van der Waals surface area contributed by atoms with Gasteiger partial charge < -0.3 is 26.0 Å². The molecular formula is C30H41BrN4O5. The highest BCUT2D eigenvalue weighted by atomic mass is 79.9. The Morgan fingerprint density at radius 3 is 2.00 bits per heavy atom. The van der Waals surface area contributed by atoms with Crippen LogP contribution in [0, 0.1) is 5.92 Å². The van der Waals surface area contributed by atoms with Gasteiger partial charge in [0, 0.05) is 23.0 Å². The second-order valence-corrected chi connectivity index (χ2v) is 11.9. The second kappa shape index (κ2) is 16.0. The zero-order valence-corrected chi connectivity index (χ0v) is 25.5. The maximum absolute atomic E-state index is 13.1. The summed E-state index contributed by atoms with van der Waals surface area (Å²) in [6, 6.07) is 13.5. The molecule has 1 atom stereocenters. The first-order valence-electron chi connectivity index (χ1n) is 13.6. The fourth-order valence-electron chi connectivity index (χ4n) is 3.82. The lowest BCUT2D eigenvalue weighted by molar-refractivity contribution is -0.119. The third-order valence-electron chi connectivity index (χ3n) is 5.59. The molecule has 0 saturated heterocycles. The summed E-state index contributed by atoms with van der Waals surface area (Å²) in [5, 5.41) is 11.2. The molecule has 0 aromatic heterocycles. The summed E-state index contributed by atoms with van der Waals surface area (Å²) >= 11 is 3.38. The van der Waals surface area contributed by atoms with Crippen molar-refractivity contribution in [3.8, 4) is 0 Å². The first kappa shape index (κ1) is 32.8. The molecule has 0 heterocycles. The Labute approximate surface area is 245 Å². The highest BCUT2D eigenvalue weighted by Gasteiger charge is 2.26. The molecule has 4 N–H and O–H groups in total. The number of benzene rings is 2. The monoisotopic (exact) mass is 616 g/mol. The van der Waals surface area contributed by atoms with Gasteiger partial charge in [-0.1, -0.05) is 54.4 Å². The van der Waals surface area contributed by atoms with E-state index in [0.29, 0.717) is 37.1 Å². The van der Waals surface area contributed by atoms with Gasteiger partial charge in [0.25, 0.3) is 0 Å². The third-order valence-corrected chi connectivity index (χ3v) is 6.08. The molecule has 218 valence electrons. The molecule has 0 aliphatic heterocycles. The first-order valence-corrected chi connectivity index (χ1v) is 14.4. The Hall–Kier alpha value is -3.40. The molecule has 0 fully saturated rings. The number of nitrogens with one attached hydrogen (secondary N) is 4. The van der Waals surface area contributed by atoms with Gasteiger partial charge in [0.1, 0.15) is 11.6 Å². The molecule has 9 nitrogen and oxygen atoms in total. The van der Waals surface area contributed by atoms with E-state index in [1.807, 2.05) is 38.1 Å². The van der Waals surface area contributed by atoms with Crippen LogP contribution in [-0.4, -0.2) is 35.5 Å². The Morgan fingerprint density at radius 1 is 0.825 bits per heavy atom. The number of hydrogen-bond acceptors (Lipinski definition) is 5. The molecule has 2 aromatic rings. The number of ether oxygens (including phenoxy) is 1. The molecule has 0 spiro atoms. The molecule has 4 amide bonds. The predicted molar refractivity (Wildman–Crippen MR) is 162 cm³/mol. The lowest BCUT2D eigenvalue weighted by Gasteiger charge is -2.24. The van der Waals surface area contributed by atoms with E-state index < -0.39 is 23.6 Å². The van der Waals surface area contributed by atoms with Crippen molar-refractivity contribution >= 4 is 56.8 Å². The van der Waals surface area contributed by atoms with Crippen molar-refractivity contribution < 1.29 is 23.9 Å². The molecule has 40 heavy (non-hydrogen) atoms. The number of unbranched alkanes of at least 4 members (excludes halogenated alkanes) is 2. The van der Waals surface area contributed by atoms with Gasteiger partial charge in [-0.25, -0.2) is 4.79 Å². The van der Waals surface area contributed by atoms with Crippen LogP contribution in [0.5, 0.6) is 0 Å². The standard InChI is InChI=1S/C30H41BrN4O5/c1-20(2)18-25(35-29(39)40-30(3,4)5)28(38)34-24-15-10-9-14-23(24)33-27(37)17-8-6-7-16-26(36)32-22-13-11-12-21(31)19-22/h9-15,19-20,25H,6-8,16-18H2,1-5H3,(H,32,36)(H,33,37)(H,34,38)(H,35,39)/t25-/m0/s1. The molecule has 10 heteroatoms. The largest absolute Gasteiger partial charge is 0.444 e. The Bertz CT molecular complexity index is 1160. The van der Waals surface area contributed by atoms with Crippen LogP contribution >= 0.6 is 15.9 Å². The van der Waals surface area contributed by atoms with Gasteiger partial charge >= 0.3 is 6.09 Å². The van der Waals surface area contributed by atoms with E-state index in [0.717, 1.165) is 16.6 Å². The van der Waals surface area contributed by atoms with E-state index in [4.69, 9.17) is 4.74 Å². The zero-order chi connectivity index (χ0) is 29.7. The van der Waals surface area contributed by atoms with Gasteiger partial charge in [-0.3, -0.25) is 14.4 Å². The number of anilines is 3. The molecule has 0 unspecified atom stereocenters. The molecule has 2 aromatic carbocycles. The maximum atomic E-state index is 13.1. The van der Waals surface area contributed by atoms with Crippen molar-refractivity contribution in [3.05, 3.63) is 53.0 Å². The summed E-state index contributed by atoms with van der Waals surface area (Å²) in [6.45, 7) is 9.18. The number of amides is 4. The SMILES string of the molecule is CC(C)C[C@H](NC(=O)OC(C)(C)C)C(=O)Nc1ccccc1NC(=O)CCCCCC(=O)Nc1cccc(Br)c1. The van der Waals surface area contributed by atoms with Gasteiger partial charge in [-0.05, 0) is 76.3 Å². The quantitative estimate of drug-likeness (QED) is 0.183. The van der Waals surface area contributed by atoms with Crippen LogP contribution in [0.3, 0.4) is 0 Å². The first-order chi connectivity index (χ1) is 18.8. The van der Waals surface area contributed by atoms with E-state index in [1.54, 1.807) is 45.0 Å². The number of alkyl carbamates (subject to hydrolysis) is 1. The summed E-state index contributed by atoms with van der Waals surface area (Å²) in [4.78, 5) is 50.1. The van der Waals surface area contributed by atoms with Gasteiger partial charge in [-0.2, -0.15) is 0 Å². The fourth-order valence-corrected chi connectivity index (χ4v) is 4.22. The van der Waals surface area contributed by atoms with Gasteiger partial charge in [-0.15, -0.1) is 0 Å². The highest BCUT2D eigenvalue weighted by molar-refractivity contribution is 9.10. The Morgan fingerprint density at radius 2 is 1.43 bits per heavy atom. The van der Waals surface area contributed by atoms with E-state index in [1.165, 1.54) is 0 Å². The number of rotatable bonds is 13. The minimum atomic E-state index is -0.806. The maximum Gasteiger partial charge on any atom is 0.408 e. The van der Waals surface area contributed by atoms with Crippen molar-refractivity contribution in [3.63, 3.8) is 0 Å². The molecule has 0 bridgehead atoms. The van der Waals surface area contributed by atoms with Crippen molar-refractivity contribution in [1.82, 2.24) is 5.32 Å². The highest BCUT2D eigenvalue weighted by Crippen LogP contribution is 2.23. The van der Waals surface area contributed by atoms with E-state index in [2.05, 4.69) is 37.2 Å². The van der Waals surface area contributed by atoms with Gasteiger partial charge in [0.05, 0.1) is 11.4 Å². The van der Waals surface area contributed by atoms with Crippen LogP contribution in [0.15, 0.2) is 53.0 Å². The number of halogens is 1. The Balaban J connectivity index is 1.84. The topological polar surface area (TPSA) is 126 Å². The summed E-state index contributed by atoms with van der Waals surface area (Å²) in [5.74, 6) is -0.510. The van der Waals surface area contributed by atoms with Crippen LogP contribution in [0.25, 0.3) is 0 Å². The van der Waals surface area contributed by atoms with Gasteiger partial charge in [0.15, 0.2) is 0 Å². The minimum absolute atomic E-state index is 0.0656. The van der Waals surface area contributed by atoms with Crippen LogP contribution in [0.4, 0.5) is 21.9 Å². The molecule has 0 saturated carbocycles. The lowest BCUT2D eigenvalue weighted by Crippen LogP contribution is -2.46. The molecule has 2 rings (SSSR count). The number of carbonyl (C=O) groups is 4. The normalized spacial score (nSPS) is 11.9. The van der Waals surface area contributed by atoms with Crippen LogP contribution in [-0.2, 0) is 19.1 Å². The summed E-state index contributed by atoms with van der Waals surface area (Å²) in [6.07, 6.45) is 2.43. The fraction of sp³-hybridized carbons (Fsp3) is 0.467. The number of carbonyl (C=O) groups excluding carboxylic acids is 4. The predicted octanol–water partition coefficient (Wildman–Crippen LogP) is 6.85. The average Bonchev–Trinajstić information content (AvgIpc) is 2.83. The van der Waals surface area contributed by atoms with E-state index >= 15 is 0 Å². The van der Waals surface area contributed by atoms with Crippen LogP contribution in [0.2, 0.25) is 0 Å². The van der Waals surface area contributed by atoms with E-state index in [-0.39, 0.29) is 24.2 Å². The van der Waals surface area contributed by atoms with Crippen LogP contribution in [0.1, 0.15) is 73.1 Å². The molecule has 0 aliphatic carbocycles. The smallest absolute Gasteiger partial charge is 0.408 e. The van der Waals surface area contributed by atoms with Crippen molar-refractivity contribution in [2.24, 2.45) is 5.92 Å². The summed E-state index contributed by atoms with van der Waals surface area (Å²) in [5.41, 5.74) is 0.951. The summed E-state index contributed by atoms with van der Waals surface area (Å²) < 4.78 is 6.21. The van der Waals surface area contributed by atoms with Crippen molar-refractivity contribution in [1.29, 1.82) is 0 Å². The van der Waals surface area contributed by atoms with E-state index in [9.17, 15) is 19.2 Å². The van der Waals surface area contributed by atoms with Crippen LogP contribution < -0.4 is 21.3 Å². The second-order valence-electron chi connectivity index (χ2n) is 11.0. The van der Waals surface area contributed by atoms with Crippen molar-refractivity contribution in [2.45, 2.75) is 84.8 Å². The third kappa shape index (κ3) is 13.1. The Kier molecular flexibility index (Phi) is 13.1. The zero-order valence-electron chi connectivity index (χ0n) is 23.9. The molecular weight excluding hydrogens is 576 g/mol. The number of para-hydroxylation sites is 2.